The van der Waals surface area contributed by atoms with Crippen LogP contribution in [0.25, 0.3) is 0 Å². The van der Waals surface area contributed by atoms with Crippen molar-refractivity contribution in [1.29, 1.82) is 0 Å². The molecule has 1 atom stereocenters. The minimum absolute atomic E-state index is 0.326. The summed E-state index contributed by atoms with van der Waals surface area (Å²) in [5.74, 6) is 1.64. The van der Waals surface area contributed by atoms with Crippen LogP contribution in [0.3, 0.4) is 0 Å². The van der Waals surface area contributed by atoms with Crippen LogP contribution in [-0.4, -0.2) is 31.0 Å². The lowest BCUT2D eigenvalue weighted by Gasteiger charge is -2.20. The molecule has 0 spiro atoms. The highest BCUT2D eigenvalue weighted by Gasteiger charge is 2.13. The van der Waals surface area contributed by atoms with Crippen LogP contribution < -0.4 is 14.8 Å². The van der Waals surface area contributed by atoms with Gasteiger partial charge in [-0.15, -0.1) is 0 Å². The van der Waals surface area contributed by atoms with E-state index in [4.69, 9.17) is 9.47 Å². The van der Waals surface area contributed by atoms with Gasteiger partial charge in [-0.1, -0.05) is 0 Å². The number of ether oxygens (including phenoxy) is 2. The molecule has 2 N–H and O–H groups in total. The molecule has 1 heterocycles. The van der Waals surface area contributed by atoms with Crippen LogP contribution in [0.1, 0.15) is 18.1 Å². The molecule has 4 heteroatoms. The third-order valence-corrected chi connectivity index (χ3v) is 2.76. The number of nitrogens with one attached hydrogen (secondary N) is 1. The molecule has 94 valence electrons. The number of aryl methyl sites for hydroxylation is 1. The van der Waals surface area contributed by atoms with Gasteiger partial charge in [0.2, 0.25) is 0 Å². The number of aliphatic hydroxyl groups excluding tert-OH is 1. The van der Waals surface area contributed by atoms with Gasteiger partial charge < -0.3 is 19.9 Å². The fourth-order valence-corrected chi connectivity index (χ4v) is 1.84. The zero-order valence-corrected chi connectivity index (χ0v) is 10.3. The Morgan fingerprint density at radius 2 is 1.94 bits per heavy atom. The number of fused-ring (bicyclic) bond motifs is 1. The van der Waals surface area contributed by atoms with Crippen LogP contribution in [-0.2, 0) is 6.54 Å². The van der Waals surface area contributed by atoms with Gasteiger partial charge in [0.25, 0.3) is 0 Å². The number of hydrogen-bond acceptors (Lipinski definition) is 4. The summed E-state index contributed by atoms with van der Waals surface area (Å²) in [5, 5.41) is 12.4. The standard InChI is InChI=1S/C13H19NO3/c1-9-5-12-13(17-4-3-16-12)6-11(9)8-14-7-10(2)15/h5-6,10,14-15H,3-4,7-8H2,1-2H3. The van der Waals surface area contributed by atoms with Gasteiger partial charge in [0, 0.05) is 13.1 Å². The molecular weight excluding hydrogens is 218 g/mol. The summed E-state index contributed by atoms with van der Waals surface area (Å²) >= 11 is 0. The van der Waals surface area contributed by atoms with Crippen molar-refractivity contribution in [2.45, 2.75) is 26.5 Å². The molecule has 0 aromatic heterocycles. The molecule has 1 unspecified atom stereocenters. The normalized spacial score (nSPS) is 15.7. The van der Waals surface area contributed by atoms with Crippen LogP contribution >= 0.6 is 0 Å². The van der Waals surface area contributed by atoms with Crippen molar-refractivity contribution >= 4 is 0 Å². The molecular formula is C13H19NO3. The number of rotatable bonds is 4. The molecule has 0 amide bonds. The molecule has 1 aliphatic rings. The highest BCUT2D eigenvalue weighted by Crippen LogP contribution is 2.32. The van der Waals surface area contributed by atoms with E-state index < -0.39 is 0 Å². The van der Waals surface area contributed by atoms with Crippen molar-refractivity contribution in [2.75, 3.05) is 19.8 Å². The van der Waals surface area contributed by atoms with E-state index in [-0.39, 0.29) is 6.10 Å². The van der Waals surface area contributed by atoms with Crippen molar-refractivity contribution in [3.63, 3.8) is 0 Å². The zero-order chi connectivity index (χ0) is 12.3. The van der Waals surface area contributed by atoms with Crippen LogP contribution in [0.15, 0.2) is 12.1 Å². The van der Waals surface area contributed by atoms with E-state index in [1.54, 1.807) is 6.92 Å². The van der Waals surface area contributed by atoms with E-state index in [0.29, 0.717) is 19.8 Å². The first-order valence-electron chi connectivity index (χ1n) is 5.94. The molecule has 1 aromatic rings. The zero-order valence-electron chi connectivity index (χ0n) is 10.3. The molecule has 0 saturated heterocycles. The van der Waals surface area contributed by atoms with Gasteiger partial charge in [0.05, 0.1) is 6.10 Å². The lowest BCUT2D eigenvalue weighted by Crippen LogP contribution is -2.24. The van der Waals surface area contributed by atoms with Gasteiger partial charge in [-0.25, -0.2) is 0 Å². The second kappa shape index (κ2) is 5.38. The second-order valence-electron chi connectivity index (χ2n) is 4.40. The molecule has 17 heavy (non-hydrogen) atoms. The van der Waals surface area contributed by atoms with E-state index in [1.807, 2.05) is 12.1 Å². The summed E-state index contributed by atoms with van der Waals surface area (Å²) < 4.78 is 11.1. The van der Waals surface area contributed by atoms with Gasteiger partial charge in [-0.3, -0.25) is 0 Å². The van der Waals surface area contributed by atoms with Crippen molar-refractivity contribution in [3.8, 4) is 11.5 Å². The molecule has 1 aliphatic heterocycles. The highest BCUT2D eigenvalue weighted by atomic mass is 16.6. The van der Waals surface area contributed by atoms with Crippen molar-refractivity contribution in [1.82, 2.24) is 5.32 Å². The van der Waals surface area contributed by atoms with Gasteiger partial charge >= 0.3 is 0 Å². The Kier molecular flexibility index (Phi) is 3.86. The van der Waals surface area contributed by atoms with E-state index in [2.05, 4.69) is 12.2 Å². The van der Waals surface area contributed by atoms with Crippen LogP contribution in [0.4, 0.5) is 0 Å². The van der Waals surface area contributed by atoms with Crippen LogP contribution in [0, 0.1) is 6.92 Å². The molecule has 0 bridgehead atoms. The fourth-order valence-electron chi connectivity index (χ4n) is 1.84. The molecule has 1 aromatic carbocycles. The quantitative estimate of drug-likeness (QED) is 0.827. The monoisotopic (exact) mass is 237 g/mol. The first kappa shape index (κ1) is 12.2. The minimum Gasteiger partial charge on any atom is -0.486 e. The van der Waals surface area contributed by atoms with Gasteiger partial charge in [0.1, 0.15) is 13.2 Å². The van der Waals surface area contributed by atoms with E-state index in [1.165, 1.54) is 11.1 Å². The maximum Gasteiger partial charge on any atom is 0.161 e. The lowest BCUT2D eigenvalue weighted by molar-refractivity contribution is 0.171. The summed E-state index contributed by atoms with van der Waals surface area (Å²) in [5.41, 5.74) is 2.35. The maximum atomic E-state index is 9.18. The summed E-state index contributed by atoms with van der Waals surface area (Å²) in [6.45, 7) is 6.37. The Hall–Kier alpha value is -1.26. The van der Waals surface area contributed by atoms with Gasteiger partial charge in [-0.05, 0) is 37.1 Å². The Morgan fingerprint density at radius 1 is 1.29 bits per heavy atom. The molecule has 0 radical (unpaired) electrons. The highest BCUT2D eigenvalue weighted by molar-refractivity contribution is 5.47. The smallest absolute Gasteiger partial charge is 0.161 e. The summed E-state index contributed by atoms with van der Waals surface area (Å²) in [6, 6.07) is 4.02. The number of benzene rings is 1. The molecule has 2 rings (SSSR count). The SMILES string of the molecule is Cc1cc2c(cc1CNCC(C)O)OCCO2. The Balaban J connectivity index is 2.06. The third-order valence-electron chi connectivity index (χ3n) is 2.76. The largest absolute Gasteiger partial charge is 0.486 e. The van der Waals surface area contributed by atoms with E-state index in [0.717, 1.165) is 18.0 Å². The van der Waals surface area contributed by atoms with Crippen molar-refractivity contribution < 1.29 is 14.6 Å². The number of hydrogen-bond donors (Lipinski definition) is 2. The Labute approximate surface area is 102 Å². The molecule has 0 aliphatic carbocycles. The Bertz CT molecular complexity index is 390. The topological polar surface area (TPSA) is 50.7 Å². The molecule has 0 fully saturated rings. The maximum absolute atomic E-state index is 9.18. The molecule has 4 nitrogen and oxygen atoms in total. The van der Waals surface area contributed by atoms with Gasteiger partial charge in [-0.2, -0.15) is 0 Å². The molecule has 0 saturated carbocycles. The predicted octanol–water partition coefficient (Wildman–Crippen LogP) is 1.24. The van der Waals surface area contributed by atoms with Crippen molar-refractivity contribution in [3.05, 3.63) is 23.3 Å². The van der Waals surface area contributed by atoms with Gasteiger partial charge in [0.15, 0.2) is 11.5 Å². The summed E-state index contributed by atoms with van der Waals surface area (Å²) in [6.07, 6.45) is -0.326. The average molecular weight is 237 g/mol. The third kappa shape index (κ3) is 3.11. The minimum atomic E-state index is -0.326. The fraction of sp³-hybridized carbons (Fsp3) is 0.538. The first-order valence-corrected chi connectivity index (χ1v) is 5.94. The van der Waals surface area contributed by atoms with Crippen LogP contribution in [0.2, 0.25) is 0 Å². The Morgan fingerprint density at radius 3 is 2.59 bits per heavy atom. The summed E-state index contributed by atoms with van der Waals surface area (Å²) in [4.78, 5) is 0. The van der Waals surface area contributed by atoms with Crippen LogP contribution in [0.5, 0.6) is 11.5 Å². The predicted molar refractivity (Wildman–Crippen MR) is 65.6 cm³/mol. The second-order valence-corrected chi connectivity index (χ2v) is 4.40. The number of aliphatic hydroxyl groups is 1. The van der Waals surface area contributed by atoms with Crippen molar-refractivity contribution in [2.24, 2.45) is 0 Å². The lowest BCUT2D eigenvalue weighted by atomic mass is 10.1. The summed E-state index contributed by atoms with van der Waals surface area (Å²) in [7, 11) is 0. The van der Waals surface area contributed by atoms with E-state index in [9.17, 15) is 5.11 Å². The van der Waals surface area contributed by atoms with E-state index >= 15 is 0 Å². The first-order chi connectivity index (χ1) is 8.16. The average Bonchev–Trinajstić information content (AvgIpc) is 2.29.